The molecule has 0 fully saturated rings. The van der Waals surface area contributed by atoms with E-state index in [1.54, 1.807) is 0 Å². The monoisotopic (exact) mass is 164 g/mol. The van der Waals surface area contributed by atoms with Crippen molar-refractivity contribution < 1.29 is 13.9 Å². The van der Waals surface area contributed by atoms with Gasteiger partial charge < -0.3 is 5.11 Å². The van der Waals surface area contributed by atoms with E-state index in [0.29, 0.717) is 0 Å². The van der Waals surface area contributed by atoms with Crippen LogP contribution in [0.1, 0.15) is 6.92 Å². The molecule has 0 heterocycles. The molecular formula is C5H8F2N3O+. The van der Waals surface area contributed by atoms with Crippen molar-refractivity contribution in [1.82, 2.24) is 5.43 Å². The zero-order valence-corrected chi connectivity index (χ0v) is 5.83. The lowest BCUT2D eigenvalue weighted by Crippen LogP contribution is -2.20. The van der Waals surface area contributed by atoms with E-state index in [4.69, 9.17) is 11.7 Å². The molecule has 0 aromatic carbocycles. The van der Waals surface area contributed by atoms with E-state index in [-0.39, 0.29) is 5.84 Å². The highest BCUT2D eigenvalue weighted by molar-refractivity contribution is 5.94. The van der Waals surface area contributed by atoms with Gasteiger partial charge in [-0.25, -0.2) is 0 Å². The summed E-state index contributed by atoms with van der Waals surface area (Å²) < 4.78 is 22.8. The summed E-state index contributed by atoms with van der Waals surface area (Å²) in [5.41, 5.74) is 1.40. The Balaban J connectivity index is 4.05. The minimum atomic E-state index is -2.79. The van der Waals surface area contributed by atoms with E-state index in [9.17, 15) is 8.78 Å². The van der Waals surface area contributed by atoms with Gasteiger partial charge in [0.15, 0.2) is 6.10 Å². The number of amidine groups is 1. The van der Waals surface area contributed by atoms with Crippen molar-refractivity contribution in [2.75, 3.05) is 0 Å². The second-order valence-electron chi connectivity index (χ2n) is 1.70. The van der Waals surface area contributed by atoms with Crippen LogP contribution in [0.2, 0.25) is 0 Å². The molecular weight excluding hydrogens is 156 g/mol. The van der Waals surface area contributed by atoms with Gasteiger partial charge in [0, 0.05) is 0 Å². The highest BCUT2D eigenvalue weighted by Gasteiger charge is 2.17. The molecule has 62 valence electrons. The molecule has 0 aromatic heterocycles. The summed E-state index contributed by atoms with van der Waals surface area (Å²) >= 11 is 0. The fourth-order valence-corrected chi connectivity index (χ4v) is 0.345. The smallest absolute Gasteiger partial charge is 0.379 e. The average Bonchev–Trinajstić information content (AvgIpc) is 1.87. The number of aliphatic hydroxyl groups excluding tert-OH is 1. The molecule has 0 aliphatic rings. The van der Waals surface area contributed by atoms with Crippen LogP contribution in [0.25, 0.3) is 4.85 Å². The van der Waals surface area contributed by atoms with Gasteiger partial charge >= 0.3 is 12.4 Å². The largest absolute Gasteiger partial charge is 0.450 e. The highest BCUT2D eigenvalue weighted by atomic mass is 19.3. The number of hydrogen-bond acceptors (Lipinski definition) is 3. The van der Waals surface area contributed by atoms with Gasteiger partial charge in [-0.05, 0) is 6.92 Å². The molecule has 6 heteroatoms. The second kappa shape index (κ2) is 4.57. The minimum absolute atomic E-state index is 0.273. The minimum Gasteiger partial charge on any atom is -0.379 e. The number of hydrogen-bond donors (Lipinski definition) is 2. The number of nitrogens with zero attached hydrogens (tertiary/aromatic N) is 2. The molecule has 0 bridgehead atoms. The van der Waals surface area contributed by atoms with Crippen LogP contribution in [0.4, 0.5) is 8.78 Å². The quantitative estimate of drug-likeness (QED) is 0.275. The van der Waals surface area contributed by atoms with E-state index >= 15 is 0 Å². The summed E-state index contributed by atoms with van der Waals surface area (Å²) in [4.78, 5) is 2.96. The predicted octanol–water partition coefficient (Wildman–Crippen LogP) is 0.456. The summed E-state index contributed by atoms with van der Waals surface area (Å²) in [5, 5.41) is 11.8. The molecule has 0 amide bonds. The normalized spacial score (nSPS) is 14.4. The van der Waals surface area contributed by atoms with Gasteiger partial charge in [0.25, 0.3) is 0 Å². The number of hydrazone groups is 1. The van der Waals surface area contributed by atoms with Crippen molar-refractivity contribution in [2.45, 2.75) is 19.6 Å². The zero-order valence-electron chi connectivity index (χ0n) is 5.83. The summed E-state index contributed by atoms with van der Waals surface area (Å²) in [6.45, 7) is 3.23. The fraction of sp³-hybridized carbons (Fsp3) is 0.600. The Hall–Kier alpha value is -1.22. The van der Waals surface area contributed by atoms with Crippen molar-refractivity contribution in [1.29, 1.82) is 0 Å². The van der Waals surface area contributed by atoms with Gasteiger partial charge in [-0.3, -0.25) is 0 Å². The molecule has 0 aliphatic carbocycles. The number of halogens is 2. The standard InChI is InChI=1S/C5H8F2N3O/c1-3(11)4(8-2)9-10-5(6)7/h2-3,5,10-11H,1H3/q+1/b9-4-. The van der Waals surface area contributed by atoms with Crippen LogP contribution in [-0.2, 0) is 0 Å². The lowest BCUT2D eigenvalue weighted by molar-refractivity contribution is 0.109. The van der Waals surface area contributed by atoms with Gasteiger partial charge in [-0.1, -0.05) is 0 Å². The third-order valence-electron chi connectivity index (χ3n) is 0.783. The Morgan fingerprint density at radius 2 is 2.27 bits per heavy atom. The first-order valence-corrected chi connectivity index (χ1v) is 2.78. The number of aliphatic hydroxyl groups is 1. The van der Waals surface area contributed by atoms with E-state index in [1.165, 1.54) is 12.3 Å². The van der Waals surface area contributed by atoms with Crippen LogP contribution in [-0.4, -0.2) is 23.6 Å². The second-order valence-corrected chi connectivity index (χ2v) is 1.70. The molecule has 4 nitrogen and oxygen atoms in total. The Morgan fingerprint density at radius 3 is 2.55 bits per heavy atom. The molecule has 0 saturated carbocycles. The highest BCUT2D eigenvalue weighted by Crippen LogP contribution is 1.90. The van der Waals surface area contributed by atoms with Gasteiger partial charge in [-0.2, -0.15) is 19.1 Å². The number of alkyl halides is 2. The average molecular weight is 164 g/mol. The van der Waals surface area contributed by atoms with E-state index in [1.807, 2.05) is 0 Å². The Kier molecular flexibility index (Phi) is 4.07. The van der Waals surface area contributed by atoms with Crippen molar-refractivity contribution in [2.24, 2.45) is 5.10 Å². The van der Waals surface area contributed by atoms with E-state index < -0.39 is 12.7 Å². The lowest BCUT2D eigenvalue weighted by atomic mass is 10.4. The first-order chi connectivity index (χ1) is 5.07. The molecule has 0 aromatic rings. The predicted molar refractivity (Wildman–Crippen MR) is 36.6 cm³/mol. The van der Waals surface area contributed by atoms with E-state index in [0.717, 1.165) is 0 Å². The van der Waals surface area contributed by atoms with Crippen molar-refractivity contribution in [3.05, 3.63) is 4.85 Å². The summed E-state index contributed by atoms with van der Waals surface area (Å²) in [6, 6.07) is 0. The molecule has 2 N–H and O–H groups in total. The summed E-state index contributed by atoms with van der Waals surface area (Å²) in [7, 11) is 0. The van der Waals surface area contributed by atoms with Crippen LogP contribution < -0.4 is 5.43 Å². The molecule has 0 aliphatic heterocycles. The maximum atomic E-state index is 11.4. The number of nitrogens with one attached hydrogen (secondary N) is 1. The van der Waals surface area contributed by atoms with Crippen LogP contribution in [0, 0.1) is 6.57 Å². The molecule has 11 heavy (non-hydrogen) atoms. The number of rotatable bonds is 3. The van der Waals surface area contributed by atoms with Crippen LogP contribution in [0.15, 0.2) is 5.10 Å². The third-order valence-corrected chi connectivity index (χ3v) is 0.783. The molecule has 0 rings (SSSR count). The fourth-order valence-electron chi connectivity index (χ4n) is 0.345. The first kappa shape index (κ1) is 9.78. The molecule has 0 spiro atoms. The molecule has 1 unspecified atom stereocenters. The van der Waals surface area contributed by atoms with Crippen molar-refractivity contribution in [3.8, 4) is 6.57 Å². The molecule has 0 radical (unpaired) electrons. The maximum absolute atomic E-state index is 11.4. The third kappa shape index (κ3) is 4.22. The van der Waals surface area contributed by atoms with Crippen molar-refractivity contribution >= 4 is 5.84 Å². The Bertz CT molecular complexity index is 185. The van der Waals surface area contributed by atoms with Crippen LogP contribution in [0.3, 0.4) is 0 Å². The van der Waals surface area contributed by atoms with Gasteiger partial charge in [0.1, 0.15) is 6.57 Å². The maximum Gasteiger partial charge on any atom is 0.450 e. The SMILES string of the molecule is C#[N+]/C(=N\NC(F)F)C(C)O. The Labute approximate surface area is 62.3 Å². The van der Waals surface area contributed by atoms with Gasteiger partial charge in [-0.15, -0.1) is 0 Å². The summed E-state index contributed by atoms with van der Waals surface area (Å²) in [6.07, 6.45) is -1.06. The topological polar surface area (TPSA) is 49.0 Å². The lowest BCUT2D eigenvalue weighted by Gasteiger charge is -1.91. The first-order valence-electron chi connectivity index (χ1n) is 2.78. The Morgan fingerprint density at radius 1 is 1.73 bits per heavy atom. The zero-order chi connectivity index (χ0) is 8.85. The van der Waals surface area contributed by atoms with Gasteiger partial charge in [0.05, 0.1) is 5.10 Å². The van der Waals surface area contributed by atoms with E-state index in [2.05, 4.69) is 9.95 Å². The van der Waals surface area contributed by atoms with Crippen molar-refractivity contribution in [3.63, 3.8) is 0 Å². The molecule has 0 saturated heterocycles. The van der Waals surface area contributed by atoms with Crippen LogP contribution in [0.5, 0.6) is 0 Å². The van der Waals surface area contributed by atoms with Crippen LogP contribution >= 0.6 is 0 Å². The molecule has 1 atom stereocenters. The summed E-state index contributed by atoms with van der Waals surface area (Å²) in [5.74, 6) is -0.273. The van der Waals surface area contributed by atoms with Gasteiger partial charge in [0.2, 0.25) is 0 Å².